The van der Waals surface area contributed by atoms with Crippen LogP contribution in [0.1, 0.15) is 80.5 Å². The first-order chi connectivity index (χ1) is 16.7. The van der Waals surface area contributed by atoms with Crippen LogP contribution in [0, 0.1) is 6.92 Å². The highest BCUT2D eigenvalue weighted by Gasteiger charge is 2.05. The van der Waals surface area contributed by atoms with Crippen molar-refractivity contribution in [3.05, 3.63) is 128 Å². The second kappa shape index (κ2) is 12.4. The van der Waals surface area contributed by atoms with Crippen LogP contribution >= 0.6 is 0 Å². The van der Waals surface area contributed by atoms with Gasteiger partial charge in [0.15, 0.2) is 0 Å². The van der Waals surface area contributed by atoms with Crippen LogP contribution in [0.4, 0.5) is 0 Å². The Bertz CT molecular complexity index is 1170. The van der Waals surface area contributed by atoms with Gasteiger partial charge in [-0.3, -0.25) is 0 Å². The first kappa shape index (κ1) is 26.3. The van der Waals surface area contributed by atoms with Crippen LogP contribution in [0.2, 0.25) is 0 Å². The fourth-order valence-electron chi connectivity index (χ4n) is 3.70. The van der Waals surface area contributed by atoms with Crippen LogP contribution in [0.5, 0.6) is 0 Å². The van der Waals surface area contributed by atoms with E-state index < -0.39 is 0 Å². The molecule has 0 aromatic heterocycles. The molecule has 0 aliphatic carbocycles. The fraction of sp³-hybridized carbons (Fsp3) is 0.333. The maximum atomic E-state index is 5.84. The van der Waals surface area contributed by atoms with Crippen molar-refractivity contribution in [2.75, 3.05) is 0 Å². The van der Waals surface area contributed by atoms with E-state index in [9.17, 15) is 0 Å². The zero-order chi connectivity index (χ0) is 25.4. The molecule has 2 heteroatoms. The van der Waals surface area contributed by atoms with Gasteiger partial charge in [0.05, 0.1) is 11.5 Å². The van der Waals surface area contributed by atoms with Crippen molar-refractivity contribution in [1.82, 2.24) is 0 Å². The van der Waals surface area contributed by atoms with E-state index in [4.69, 9.17) is 9.47 Å². The maximum absolute atomic E-state index is 5.84. The standard InChI is InChI=1S/C33H40O2/c1-23(2)26(6)34-21-30-12-8-28(9-13-30)19-32-16-17-33(25(5)18-32)20-29-10-14-31(15-11-29)22-35-27(7)24(3)4/h8-18H,19-22H2,1-7H3. The molecule has 0 N–H and O–H groups in total. The van der Waals surface area contributed by atoms with Crippen LogP contribution in [-0.4, -0.2) is 0 Å². The smallest absolute Gasteiger partial charge is 0.113 e. The number of hydrogen-bond acceptors (Lipinski definition) is 2. The lowest BCUT2D eigenvalue weighted by atomic mass is 9.95. The van der Waals surface area contributed by atoms with Gasteiger partial charge in [-0.25, -0.2) is 0 Å². The Balaban J connectivity index is 1.57. The van der Waals surface area contributed by atoms with Gasteiger partial charge in [0, 0.05) is 0 Å². The lowest BCUT2D eigenvalue weighted by molar-refractivity contribution is 0.197. The summed E-state index contributed by atoms with van der Waals surface area (Å²) in [6.07, 6.45) is 1.88. The summed E-state index contributed by atoms with van der Waals surface area (Å²) in [5.74, 6) is 2.01. The summed E-state index contributed by atoms with van der Waals surface area (Å²) in [4.78, 5) is 0. The van der Waals surface area contributed by atoms with E-state index in [0.29, 0.717) is 13.2 Å². The average Bonchev–Trinajstić information content (AvgIpc) is 2.84. The monoisotopic (exact) mass is 468 g/mol. The van der Waals surface area contributed by atoms with E-state index in [1.807, 2.05) is 13.8 Å². The zero-order valence-corrected chi connectivity index (χ0v) is 22.5. The molecule has 0 aliphatic heterocycles. The molecule has 0 atom stereocenters. The summed E-state index contributed by atoms with van der Waals surface area (Å²) in [7, 11) is 0. The van der Waals surface area contributed by atoms with Crippen molar-refractivity contribution in [3.63, 3.8) is 0 Å². The van der Waals surface area contributed by atoms with Crippen LogP contribution in [-0.2, 0) is 35.5 Å². The first-order valence-electron chi connectivity index (χ1n) is 12.5. The Labute approximate surface area is 212 Å². The number of hydrogen-bond donors (Lipinski definition) is 0. The number of rotatable bonds is 10. The molecule has 0 fully saturated rings. The summed E-state index contributed by atoms with van der Waals surface area (Å²) in [5.41, 5.74) is 11.5. The molecule has 0 spiro atoms. The van der Waals surface area contributed by atoms with Gasteiger partial charge in [0.1, 0.15) is 13.2 Å². The zero-order valence-electron chi connectivity index (χ0n) is 22.5. The van der Waals surface area contributed by atoms with E-state index in [0.717, 1.165) is 24.4 Å². The van der Waals surface area contributed by atoms with Crippen molar-refractivity contribution in [2.45, 2.75) is 74.5 Å². The van der Waals surface area contributed by atoms with Gasteiger partial charge in [0.2, 0.25) is 0 Å². The van der Waals surface area contributed by atoms with Gasteiger partial charge in [-0.1, -0.05) is 66.7 Å². The van der Waals surface area contributed by atoms with E-state index >= 15 is 0 Å². The quantitative estimate of drug-likeness (QED) is 0.277. The minimum absolute atomic E-state index is 0.619. The predicted molar refractivity (Wildman–Crippen MR) is 147 cm³/mol. The molecular weight excluding hydrogens is 428 g/mol. The Morgan fingerprint density at radius 3 is 1.34 bits per heavy atom. The molecule has 0 aliphatic rings. The summed E-state index contributed by atoms with van der Waals surface area (Å²) < 4.78 is 11.7. The maximum Gasteiger partial charge on any atom is 0.113 e. The minimum Gasteiger partial charge on any atom is -0.494 e. The molecule has 3 aromatic rings. The molecule has 0 amide bonds. The van der Waals surface area contributed by atoms with E-state index in [1.165, 1.54) is 50.1 Å². The molecule has 3 aromatic carbocycles. The van der Waals surface area contributed by atoms with Gasteiger partial charge in [-0.15, -0.1) is 0 Å². The van der Waals surface area contributed by atoms with E-state index in [2.05, 4.69) is 101 Å². The highest BCUT2D eigenvalue weighted by Crippen LogP contribution is 2.20. The van der Waals surface area contributed by atoms with Gasteiger partial charge >= 0.3 is 0 Å². The number of aryl methyl sites for hydroxylation is 1. The largest absolute Gasteiger partial charge is 0.494 e. The number of ether oxygens (including phenoxy) is 2. The van der Waals surface area contributed by atoms with E-state index in [-0.39, 0.29) is 0 Å². The average molecular weight is 469 g/mol. The van der Waals surface area contributed by atoms with Crippen LogP contribution < -0.4 is 0 Å². The topological polar surface area (TPSA) is 18.5 Å². The summed E-state index contributed by atoms with van der Waals surface area (Å²) in [6, 6.07) is 24.4. The highest BCUT2D eigenvalue weighted by atomic mass is 16.5. The number of benzene rings is 3. The third-order valence-corrected chi connectivity index (χ3v) is 6.57. The molecule has 2 nitrogen and oxygen atoms in total. The third-order valence-electron chi connectivity index (χ3n) is 6.57. The van der Waals surface area contributed by atoms with Crippen LogP contribution in [0.15, 0.2) is 89.4 Å². The molecule has 184 valence electrons. The first-order valence-corrected chi connectivity index (χ1v) is 12.5. The second-order valence-electron chi connectivity index (χ2n) is 9.94. The fourth-order valence-corrected chi connectivity index (χ4v) is 3.70. The van der Waals surface area contributed by atoms with Crippen molar-refractivity contribution < 1.29 is 9.47 Å². The third kappa shape index (κ3) is 8.17. The van der Waals surface area contributed by atoms with Crippen molar-refractivity contribution in [1.29, 1.82) is 0 Å². The van der Waals surface area contributed by atoms with Gasteiger partial charge in [0.25, 0.3) is 0 Å². The van der Waals surface area contributed by atoms with Gasteiger partial charge in [-0.2, -0.15) is 0 Å². The SMILES string of the molecule is CC(C)=C(C)OCc1ccc(Cc2ccc(Cc3ccc(COC(C)=C(C)C)cc3)c(C)c2)cc1. The van der Waals surface area contributed by atoms with Crippen LogP contribution in [0.3, 0.4) is 0 Å². The normalized spacial score (nSPS) is 10.6. The molecular formula is C33H40O2. The van der Waals surface area contributed by atoms with Crippen molar-refractivity contribution >= 4 is 0 Å². The summed E-state index contributed by atoms with van der Waals surface area (Å²) in [5, 5.41) is 0. The Morgan fingerprint density at radius 2 is 0.914 bits per heavy atom. The number of allylic oxidation sites excluding steroid dienone is 4. The molecule has 3 rings (SSSR count). The highest BCUT2D eigenvalue weighted by molar-refractivity contribution is 5.38. The molecule has 0 saturated heterocycles. The second-order valence-corrected chi connectivity index (χ2v) is 9.94. The van der Waals surface area contributed by atoms with Crippen LogP contribution in [0.25, 0.3) is 0 Å². The van der Waals surface area contributed by atoms with E-state index in [1.54, 1.807) is 0 Å². The minimum atomic E-state index is 0.619. The van der Waals surface area contributed by atoms with Crippen molar-refractivity contribution in [3.8, 4) is 0 Å². The predicted octanol–water partition coefficient (Wildman–Crippen LogP) is 8.84. The van der Waals surface area contributed by atoms with Gasteiger partial charge < -0.3 is 9.47 Å². The lowest BCUT2D eigenvalue weighted by Gasteiger charge is -2.11. The molecule has 0 saturated carbocycles. The summed E-state index contributed by atoms with van der Waals surface area (Å²) >= 11 is 0. The molecule has 0 radical (unpaired) electrons. The Hall–Kier alpha value is -3.26. The summed E-state index contributed by atoms with van der Waals surface area (Å²) in [6.45, 7) is 15.8. The lowest BCUT2D eigenvalue weighted by Crippen LogP contribution is -1.97. The molecule has 0 heterocycles. The molecule has 0 unspecified atom stereocenters. The Kier molecular flexibility index (Phi) is 9.37. The molecule has 35 heavy (non-hydrogen) atoms. The van der Waals surface area contributed by atoms with Gasteiger partial charge in [-0.05, 0) is 111 Å². The Morgan fingerprint density at radius 1 is 0.514 bits per heavy atom. The molecule has 0 bridgehead atoms. The van der Waals surface area contributed by atoms with Crippen molar-refractivity contribution in [2.24, 2.45) is 0 Å².